The molecule has 4 nitrogen and oxygen atoms in total. The average Bonchev–Trinajstić information content (AvgIpc) is 2.40. The summed E-state index contributed by atoms with van der Waals surface area (Å²) in [5.74, 6) is -0.899. The van der Waals surface area contributed by atoms with Crippen molar-refractivity contribution in [3.05, 3.63) is 28.0 Å². The van der Waals surface area contributed by atoms with E-state index in [1.54, 1.807) is 6.92 Å². The molecule has 0 aromatic heterocycles. The van der Waals surface area contributed by atoms with Crippen molar-refractivity contribution in [3.8, 4) is 5.75 Å². The van der Waals surface area contributed by atoms with Gasteiger partial charge in [-0.3, -0.25) is 5.41 Å². The van der Waals surface area contributed by atoms with Gasteiger partial charge in [0.1, 0.15) is 5.75 Å². The summed E-state index contributed by atoms with van der Waals surface area (Å²) in [6.07, 6.45) is 0.00948. The lowest BCUT2D eigenvalue weighted by molar-refractivity contribution is 0.178. The van der Waals surface area contributed by atoms with Crippen LogP contribution in [-0.4, -0.2) is 24.2 Å². The average molecular weight is 288 g/mol. The molecule has 19 heavy (non-hydrogen) atoms. The number of halogens is 2. The van der Waals surface area contributed by atoms with Gasteiger partial charge in [-0.2, -0.15) is 0 Å². The number of hydrogen-bond acceptors (Lipinski definition) is 4. The molecule has 1 unspecified atom stereocenters. The van der Waals surface area contributed by atoms with E-state index in [-0.39, 0.29) is 22.9 Å². The number of benzene rings is 1. The monoisotopic (exact) mass is 287 g/mol. The molecule has 1 atom stereocenters. The molecule has 0 fully saturated rings. The highest BCUT2D eigenvalue weighted by Gasteiger charge is 2.29. The zero-order valence-corrected chi connectivity index (χ0v) is 11.3. The fraction of sp³-hybridized carbons (Fsp3) is 0.462. The Morgan fingerprint density at radius 1 is 1.68 bits per heavy atom. The van der Waals surface area contributed by atoms with Crippen molar-refractivity contribution in [2.75, 3.05) is 13.2 Å². The van der Waals surface area contributed by atoms with Gasteiger partial charge in [0.05, 0.1) is 23.8 Å². The number of aliphatic hydroxyl groups is 1. The van der Waals surface area contributed by atoms with Crippen LogP contribution in [0, 0.1) is 11.2 Å². The SMILES string of the molecule is CCOC(=N)C(O)c1c(F)c(Cl)cc2c1OCCC2. The molecule has 0 radical (unpaired) electrons. The molecular formula is C13H15ClFNO3. The van der Waals surface area contributed by atoms with Crippen molar-refractivity contribution in [3.63, 3.8) is 0 Å². The largest absolute Gasteiger partial charge is 0.493 e. The topological polar surface area (TPSA) is 62.5 Å². The van der Waals surface area contributed by atoms with E-state index in [4.69, 9.17) is 26.5 Å². The van der Waals surface area contributed by atoms with Crippen molar-refractivity contribution in [2.45, 2.75) is 25.9 Å². The van der Waals surface area contributed by atoms with E-state index >= 15 is 0 Å². The molecule has 1 aromatic carbocycles. The number of rotatable bonds is 3. The van der Waals surface area contributed by atoms with Crippen molar-refractivity contribution >= 4 is 17.5 Å². The number of ether oxygens (including phenoxy) is 2. The van der Waals surface area contributed by atoms with Crippen LogP contribution in [0.5, 0.6) is 5.75 Å². The Labute approximate surface area is 115 Å². The smallest absolute Gasteiger partial charge is 0.215 e. The highest BCUT2D eigenvalue weighted by molar-refractivity contribution is 6.31. The summed E-state index contributed by atoms with van der Waals surface area (Å²) in [7, 11) is 0. The van der Waals surface area contributed by atoms with Gasteiger partial charge in [-0.15, -0.1) is 0 Å². The second-order valence-corrected chi connectivity index (χ2v) is 4.63. The fourth-order valence-electron chi connectivity index (χ4n) is 2.09. The molecule has 2 N–H and O–H groups in total. The Bertz CT molecular complexity index is 507. The van der Waals surface area contributed by atoms with Gasteiger partial charge in [-0.05, 0) is 31.4 Å². The van der Waals surface area contributed by atoms with Gasteiger partial charge in [0.15, 0.2) is 11.9 Å². The lowest BCUT2D eigenvalue weighted by Crippen LogP contribution is -2.20. The van der Waals surface area contributed by atoms with Crippen LogP contribution in [-0.2, 0) is 11.2 Å². The lowest BCUT2D eigenvalue weighted by Gasteiger charge is -2.24. The molecule has 1 heterocycles. The van der Waals surface area contributed by atoms with Crippen molar-refractivity contribution in [1.29, 1.82) is 5.41 Å². The zero-order valence-electron chi connectivity index (χ0n) is 10.5. The minimum absolute atomic E-state index is 0.0809. The molecule has 2 rings (SSSR count). The van der Waals surface area contributed by atoms with Crippen molar-refractivity contribution < 1.29 is 19.0 Å². The summed E-state index contributed by atoms with van der Waals surface area (Å²) >= 11 is 5.82. The second kappa shape index (κ2) is 5.75. The van der Waals surface area contributed by atoms with E-state index in [0.717, 1.165) is 12.0 Å². The summed E-state index contributed by atoms with van der Waals surface area (Å²) in [5.41, 5.74) is 0.636. The van der Waals surface area contributed by atoms with Crippen LogP contribution in [0.3, 0.4) is 0 Å². The second-order valence-electron chi connectivity index (χ2n) is 4.23. The maximum Gasteiger partial charge on any atom is 0.215 e. The summed E-state index contributed by atoms with van der Waals surface area (Å²) in [6.45, 7) is 2.36. The molecule has 0 saturated heterocycles. The fourth-order valence-corrected chi connectivity index (χ4v) is 2.32. The predicted molar refractivity (Wildman–Crippen MR) is 69.5 cm³/mol. The summed E-state index contributed by atoms with van der Waals surface area (Å²) in [5, 5.41) is 17.6. The quantitative estimate of drug-likeness (QED) is 0.664. The first-order valence-electron chi connectivity index (χ1n) is 6.09. The molecule has 0 spiro atoms. The Morgan fingerprint density at radius 2 is 2.42 bits per heavy atom. The van der Waals surface area contributed by atoms with E-state index in [1.165, 1.54) is 6.07 Å². The van der Waals surface area contributed by atoms with Gasteiger partial charge in [0.2, 0.25) is 5.90 Å². The van der Waals surface area contributed by atoms with Crippen LogP contribution in [0.4, 0.5) is 4.39 Å². The third kappa shape index (κ3) is 2.67. The maximum absolute atomic E-state index is 14.1. The lowest BCUT2D eigenvalue weighted by atomic mass is 9.98. The van der Waals surface area contributed by atoms with Gasteiger partial charge < -0.3 is 14.6 Å². The minimum atomic E-state index is -1.51. The minimum Gasteiger partial charge on any atom is -0.493 e. The van der Waals surface area contributed by atoms with Crippen LogP contribution in [0.2, 0.25) is 5.02 Å². The molecule has 0 amide bonds. The van der Waals surface area contributed by atoms with Gasteiger partial charge in [-0.1, -0.05) is 11.6 Å². The van der Waals surface area contributed by atoms with E-state index in [2.05, 4.69) is 0 Å². The number of fused-ring (bicyclic) bond motifs is 1. The van der Waals surface area contributed by atoms with Crippen molar-refractivity contribution in [2.24, 2.45) is 0 Å². The highest BCUT2D eigenvalue weighted by atomic mass is 35.5. The van der Waals surface area contributed by atoms with Crippen LogP contribution in [0.15, 0.2) is 6.07 Å². The van der Waals surface area contributed by atoms with Crippen LogP contribution < -0.4 is 4.74 Å². The molecule has 0 aliphatic carbocycles. The molecule has 1 aliphatic rings. The van der Waals surface area contributed by atoms with E-state index in [0.29, 0.717) is 13.0 Å². The van der Waals surface area contributed by atoms with Gasteiger partial charge in [0.25, 0.3) is 0 Å². The summed E-state index contributed by atoms with van der Waals surface area (Å²) in [4.78, 5) is 0. The Hall–Kier alpha value is -1.33. The number of aryl methyl sites for hydroxylation is 1. The van der Waals surface area contributed by atoms with Gasteiger partial charge in [-0.25, -0.2) is 4.39 Å². The standard InChI is InChI=1S/C13H15ClFNO3/c1-2-18-13(16)11(17)9-10(15)8(14)6-7-4-3-5-19-12(7)9/h6,11,16-17H,2-5H2,1H3. The third-order valence-electron chi connectivity index (χ3n) is 2.94. The maximum atomic E-state index is 14.1. The summed E-state index contributed by atoms with van der Waals surface area (Å²) < 4.78 is 24.5. The van der Waals surface area contributed by atoms with Gasteiger partial charge in [0, 0.05) is 0 Å². The molecule has 1 aliphatic heterocycles. The molecule has 6 heteroatoms. The normalized spacial score (nSPS) is 15.4. The first-order chi connectivity index (χ1) is 9.06. The highest BCUT2D eigenvalue weighted by Crippen LogP contribution is 2.38. The van der Waals surface area contributed by atoms with Crippen LogP contribution in [0.25, 0.3) is 0 Å². The molecule has 0 saturated carbocycles. The molecule has 1 aromatic rings. The third-order valence-corrected chi connectivity index (χ3v) is 3.22. The van der Waals surface area contributed by atoms with E-state index < -0.39 is 17.8 Å². The molecular weight excluding hydrogens is 273 g/mol. The van der Waals surface area contributed by atoms with Crippen LogP contribution >= 0.6 is 11.6 Å². The number of aliphatic hydroxyl groups excluding tert-OH is 1. The molecule has 104 valence electrons. The molecule has 0 bridgehead atoms. The van der Waals surface area contributed by atoms with E-state index in [9.17, 15) is 9.50 Å². The van der Waals surface area contributed by atoms with Crippen LogP contribution in [0.1, 0.15) is 30.6 Å². The first kappa shape index (κ1) is 14.1. The Balaban J connectivity index is 2.48. The first-order valence-corrected chi connectivity index (χ1v) is 6.47. The predicted octanol–water partition coefficient (Wildman–Crippen LogP) is 2.85. The number of hydrogen-bond donors (Lipinski definition) is 2. The van der Waals surface area contributed by atoms with Gasteiger partial charge >= 0.3 is 0 Å². The zero-order chi connectivity index (χ0) is 14.0. The summed E-state index contributed by atoms with van der Waals surface area (Å²) in [6, 6.07) is 1.51. The van der Waals surface area contributed by atoms with E-state index in [1.807, 2.05) is 0 Å². The Kier molecular flexibility index (Phi) is 4.27. The Morgan fingerprint density at radius 3 is 3.11 bits per heavy atom. The number of nitrogens with one attached hydrogen (secondary N) is 1. The van der Waals surface area contributed by atoms with Crippen molar-refractivity contribution in [1.82, 2.24) is 0 Å².